The van der Waals surface area contributed by atoms with Gasteiger partial charge in [-0.3, -0.25) is 10.1 Å². The number of halogens is 1. The number of aliphatic imine (C=N–C) groups is 1. The van der Waals surface area contributed by atoms with Gasteiger partial charge in [-0.1, -0.05) is 41.9 Å². The van der Waals surface area contributed by atoms with E-state index in [2.05, 4.69) is 4.99 Å². The summed E-state index contributed by atoms with van der Waals surface area (Å²) in [6.07, 6.45) is 0. The van der Waals surface area contributed by atoms with Gasteiger partial charge in [0.05, 0.1) is 16.2 Å². The van der Waals surface area contributed by atoms with Crippen LogP contribution in [0.1, 0.15) is 5.56 Å². The predicted molar refractivity (Wildman–Crippen MR) is 71.6 cm³/mol. The maximum Gasteiger partial charge on any atom is 0.279 e. The highest BCUT2D eigenvalue weighted by Crippen LogP contribution is 2.22. The molecule has 0 amide bonds. The normalized spacial score (nSPS) is 11.3. The highest BCUT2D eigenvalue weighted by molar-refractivity contribution is 6.70. The summed E-state index contributed by atoms with van der Waals surface area (Å²) in [5.74, 6) is 0. The van der Waals surface area contributed by atoms with Gasteiger partial charge in [0.2, 0.25) is 0 Å². The van der Waals surface area contributed by atoms with Crippen LogP contribution in [0, 0.1) is 10.1 Å². The van der Waals surface area contributed by atoms with E-state index in [1.807, 2.05) is 18.2 Å². The van der Waals surface area contributed by atoms with Crippen LogP contribution in [0.3, 0.4) is 0 Å². The highest BCUT2D eigenvalue weighted by atomic mass is 35.5. The number of benzene rings is 2. The summed E-state index contributed by atoms with van der Waals surface area (Å²) >= 11 is 6.04. The Morgan fingerprint density at radius 1 is 1.06 bits per heavy atom. The minimum absolute atomic E-state index is 0.0535. The standard InChI is InChI=1S/C13H9ClN2O2/c14-13(15-10-6-2-1-3-7-10)11-8-4-5-9-12(11)16(17)18/h1-9H. The predicted octanol–water partition coefficient (Wildman–Crippen LogP) is 3.91. The van der Waals surface area contributed by atoms with Crippen molar-refractivity contribution in [3.8, 4) is 0 Å². The average Bonchev–Trinajstić information content (AvgIpc) is 2.40. The van der Waals surface area contributed by atoms with Gasteiger partial charge in [-0.05, 0) is 18.2 Å². The van der Waals surface area contributed by atoms with Crippen molar-refractivity contribution in [1.82, 2.24) is 0 Å². The number of hydrogen-bond acceptors (Lipinski definition) is 3. The van der Waals surface area contributed by atoms with E-state index in [-0.39, 0.29) is 10.9 Å². The SMILES string of the molecule is O=[N+]([O-])c1ccccc1C(Cl)=Nc1ccccc1. The number of rotatable bonds is 3. The van der Waals surface area contributed by atoms with Gasteiger partial charge in [0.1, 0.15) is 5.17 Å². The average molecular weight is 261 g/mol. The second kappa shape index (κ2) is 5.42. The third-order valence-electron chi connectivity index (χ3n) is 2.31. The lowest BCUT2D eigenvalue weighted by atomic mass is 10.2. The maximum absolute atomic E-state index is 10.9. The van der Waals surface area contributed by atoms with Crippen molar-refractivity contribution in [3.63, 3.8) is 0 Å². The second-order valence-electron chi connectivity index (χ2n) is 3.51. The Labute approximate surface area is 109 Å². The summed E-state index contributed by atoms with van der Waals surface area (Å²) in [5.41, 5.74) is 0.913. The van der Waals surface area contributed by atoms with Crippen molar-refractivity contribution in [3.05, 3.63) is 70.3 Å². The van der Waals surface area contributed by atoms with Crippen molar-refractivity contribution in [2.45, 2.75) is 0 Å². The van der Waals surface area contributed by atoms with E-state index in [1.54, 1.807) is 30.3 Å². The van der Waals surface area contributed by atoms with E-state index in [4.69, 9.17) is 11.6 Å². The zero-order valence-electron chi connectivity index (χ0n) is 9.29. The summed E-state index contributed by atoms with van der Waals surface area (Å²) in [4.78, 5) is 14.5. The molecular weight excluding hydrogens is 252 g/mol. The molecule has 0 unspecified atom stereocenters. The van der Waals surface area contributed by atoms with Crippen molar-refractivity contribution < 1.29 is 4.92 Å². The molecule has 0 N–H and O–H groups in total. The van der Waals surface area contributed by atoms with E-state index in [1.165, 1.54) is 6.07 Å². The quantitative estimate of drug-likeness (QED) is 0.477. The number of para-hydroxylation sites is 2. The summed E-state index contributed by atoms with van der Waals surface area (Å²) in [6.45, 7) is 0. The first-order chi connectivity index (χ1) is 8.68. The third-order valence-corrected chi connectivity index (χ3v) is 2.59. The molecule has 0 atom stereocenters. The van der Waals surface area contributed by atoms with Gasteiger partial charge in [-0.2, -0.15) is 0 Å². The highest BCUT2D eigenvalue weighted by Gasteiger charge is 2.15. The van der Waals surface area contributed by atoms with Crippen molar-refractivity contribution in [2.24, 2.45) is 4.99 Å². The second-order valence-corrected chi connectivity index (χ2v) is 3.87. The Bertz CT molecular complexity index is 597. The van der Waals surface area contributed by atoms with Gasteiger partial charge in [-0.25, -0.2) is 4.99 Å². The summed E-state index contributed by atoms with van der Waals surface area (Å²) in [7, 11) is 0. The zero-order valence-corrected chi connectivity index (χ0v) is 10.0. The van der Waals surface area contributed by atoms with Crippen LogP contribution in [0.25, 0.3) is 0 Å². The molecule has 0 spiro atoms. The molecule has 2 aromatic rings. The molecule has 4 nitrogen and oxygen atoms in total. The van der Waals surface area contributed by atoms with Gasteiger partial charge in [0.15, 0.2) is 0 Å². The van der Waals surface area contributed by atoms with E-state index in [0.717, 1.165) is 0 Å². The molecule has 5 heteroatoms. The first-order valence-corrected chi connectivity index (χ1v) is 5.59. The van der Waals surface area contributed by atoms with Crippen LogP contribution in [0.2, 0.25) is 0 Å². The van der Waals surface area contributed by atoms with Crippen LogP contribution in [-0.2, 0) is 0 Å². The maximum atomic E-state index is 10.9. The number of nitro benzene ring substituents is 1. The number of hydrogen-bond donors (Lipinski definition) is 0. The van der Waals surface area contributed by atoms with Crippen LogP contribution in [-0.4, -0.2) is 10.1 Å². The van der Waals surface area contributed by atoms with E-state index < -0.39 is 4.92 Å². The molecule has 0 heterocycles. The molecule has 0 aliphatic rings. The molecule has 0 fully saturated rings. The lowest BCUT2D eigenvalue weighted by Crippen LogP contribution is -1.98. The fraction of sp³-hybridized carbons (Fsp3) is 0. The van der Waals surface area contributed by atoms with Crippen LogP contribution >= 0.6 is 11.6 Å². The van der Waals surface area contributed by atoms with Gasteiger partial charge < -0.3 is 0 Å². The fourth-order valence-electron chi connectivity index (χ4n) is 1.48. The Hall–Kier alpha value is -2.20. The first kappa shape index (κ1) is 12.3. The molecule has 2 rings (SSSR count). The van der Waals surface area contributed by atoms with Gasteiger partial charge in [-0.15, -0.1) is 0 Å². The molecule has 2 aromatic carbocycles. The van der Waals surface area contributed by atoms with E-state index in [9.17, 15) is 10.1 Å². The summed E-state index contributed by atoms with van der Waals surface area (Å²) < 4.78 is 0. The molecule has 0 saturated carbocycles. The smallest absolute Gasteiger partial charge is 0.258 e. The minimum Gasteiger partial charge on any atom is -0.258 e. The van der Waals surface area contributed by atoms with E-state index in [0.29, 0.717) is 11.3 Å². The van der Waals surface area contributed by atoms with Crippen LogP contribution in [0.15, 0.2) is 59.6 Å². The first-order valence-electron chi connectivity index (χ1n) is 5.21. The molecule has 0 saturated heterocycles. The molecule has 0 aromatic heterocycles. The molecule has 0 aliphatic heterocycles. The monoisotopic (exact) mass is 260 g/mol. The molecular formula is C13H9ClN2O2. The van der Waals surface area contributed by atoms with Crippen LogP contribution in [0.4, 0.5) is 11.4 Å². The molecule has 90 valence electrons. The van der Waals surface area contributed by atoms with Crippen molar-refractivity contribution in [1.29, 1.82) is 0 Å². The lowest BCUT2D eigenvalue weighted by Gasteiger charge is -2.00. The van der Waals surface area contributed by atoms with Crippen LogP contribution < -0.4 is 0 Å². The Balaban J connectivity index is 2.43. The lowest BCUT2D eigenvalue weighted by molar-refractivity contribution is -0.385. The van der Waals surface area contributed by atoms with Crippen molar-refractivity contribution >= 4 is 28.1 Å². The molecule has 18 heavy (non-hydrogen) atoms. The molecule has 0 bridgehead atoms. The largest absolute Gasteiger partial charge is 0.279 e. The van der Waals surface area contributed by atoms with Crippen LogP contribution in [0.5, 0.6) is 0 Å². The zero-order chi connectivity index (χ0) is 13.0. The topological polar surface area (TPSA) is 55.5 Å². The van der Waals surface area contributed by atoms with Crippen molar-refractivity contribution in [2.75, 3.05) is 0 Å². The summed E-state index contributed by atoms with van der Waals surface area (Å²) in [6, 6.07) is 15.3. The fourth-order valence-corrected chi connectivity index (χ4v) is 1.74. The minimum atomic E-state index is -0.474. The van der Waals surface area contributed by atoms with Gasteiger partial charge >= 0.3 is 0 Å². The Morgan fingerprint density at radius 2 is 1.67 bits per heavy atom. The third kappa shape index (κ3) is 2.73. The molecule has 0 radical (unpaired) electrons. The van der Waals surface area contributed by atoms with Gasteiger partial charge in [0, 0.05) is 6.07 Å². The van der Waals surface area contributed by atoms with E-state index >= 15 is 0 Å². The van der Waals surface area contributed by atoms with Gasteiger partial charge in [0.25, 0.3) is 5.69 Å². The number of nitrogens with zero attached hydrogens (tertiary/aromatic N) is 2. The Kier molecular flexibility index (Phi) is 3.69. The summed E-state index contributed by atoms with van der Waals surface area (Å²) in [5, 5.41) is 11.0. The molecule has 0 aliphatic carbocycles. The Morgan fingerprint density at radius 3 is 2.33 bits per heavy atom. The number of nitro groups is 1.